The Morgan fingerprint density at radius 1 is 1.20 bits per heavy atom. The summed E-state index contributed by atoms with van der Waals surface area (Å²) >= 11 is 1.56. The molecule has 0 bridgehead atoms. The van der Waals surface area contributed by atoms with Crippen molar-refractivity contribution in [2.75, 3.05) is 12.4 Å². The molecule has 0 fully saturated rings. The second kappa shape index (κ2) is 7.25. The largest absolute Gasteiger partial charge is 0.320 e. The first-order valence-electron chi connectivity index (χ1n) is 7.75. The summed E-state index contributed by atoms with van der Waals surface area (Å²) in [6, 6.07) is 10.7. The number of anilines is 1. The van der Waals surface area contributed by atoms with Crippen LogP contribution in [0.2, 0.25) is 0 Å². The molecule has 3 aromatic rings. The molecule has 0 radical (unpaired) electrons. The number of carbonyl (C=O) groups excluding carboxylic acids is 1. The minimum absolute atomic E-state index is 0.423. The van der Waals surface area contributed by atoms with Gasteiger partial charge < -0.3 is 5.32 Å². The van der Waals surface area contributed by atoms with Crippen molar-refractivity contribution in [3.05, 3.63) is 59.1 Å². The second-order valence-corrected chi connectivity index (χ2v) is 6.87. The Balaban J connectivity index is 1.69. The van der Waals surface area contributed by atoms with Gasteiger partial charge in [0, 0.05) is 0 Å². The van der Waals surface area contributed by atoms with Gasteiger partial charge in [-0.1, -0.05) is 18.2 Å². The Labute approximate surface area is 148 Å². The fourth-order valence-corrected chi connectivity index (χ4v) is 3.41. The van der Waals surface area contributed by atoms with E-state index < -0.39 is 29.3 Å². The molecule has 0 spiro atoms. The minimum atomic E-state index is -0.797. The van der Waals surface area contributed by atoms with Crippen LogP contribution in [0.3, 0.4) is 0 Å². The molecule has 0 saturated heterocycles. The van der Waals surface area contributed by atoms with Gasteiger partial charge in [0.25, 0.3) is 0 Å². The van der Waals surface area contributed by atoms with Gasteiger partial charge >= 0.3 is 0 Å². The number of amides is 1. The predicted molar refractivity (Wildman–Crippen MR) is 95.5 cm³/mol. The van der Waals surface area contributed by atoms with Crippen LogP contribution >= 0.6 is 11.3 Å². The number of hydrogen-bond donors (Lipinski definition) is 1. The lowest BCUT2D eigenvalue weighted by molar-refractivity contribution is -0.120. The van der Waals surface area contributed by atoms with Crippen LogP contribution in [0.5, 0.6) is 0 Å². The molecule has 1 amide bonds. The van der Waals surface area contributed by atoms with Crippen LogP contribution in [-0.2, 0) is 11.3 Å². The van der Waals surface area contributed by atoms with Crippen LogP contribution in [0.1, 0.15) is 11.9 Å². The summed E-state index contributed by atoms with van der Waals surface area (Å²) in [6.07, 6.45) is 0. The Morgan fingerprint density at radius 2 is 1.88 bits per heavy atom. The number of benzene rings is 2. The van der Waals surface area contributed by atoms with Gasteiger partial charge in [-0.05, 0) is 38.2 Å². The van der Waals surface area contributed by atoms with E-state index in [-0.39, 0.29) is 0 Å². The van der Waals surface area contributed by atoms with Crippen molar-refractivity contribution in [1.82, 2.24) is 9.88 Å². The number of aromatic nitrogens is 1. The molecular formula is C18H17F2N3OS. The molecule has 1 unspecified atom stereocenters. The average Bonchev–Trinajstić information content (AvgIpc) is 2.99. The van der Waals surface area contributed by atoms with Gasteiger partial charge in [-0.3, -0.25) is 9.69 Å². The van der Waals surface area contributed by atoms with Crippen LogP contribution in [0.25, 0.3) is 10.2 Å². The molecule has 0 aliphatic heterocycles. The van der Waals surface area contributed by atoms with Gasteiger partial charge in [0.05, 0.1) is 22.8 Å². The highest BCUT2D eigenvalue weighted by molar-refractivity contribution is 7.18. The van der Waals surface area contributed by atoms with Gasteiger partial charge in [-0.15, -0.1) is 11.3 Å². The number of para-hydroxylation sites is 2. The SMILES string of the molecule is CC(C(=O)Nc1c(F)cccc1F)N(C)Cc1nc2ccccc2s1. The van der Waals surface area contributed by atoms with E-state index in [1.54, 1.807) is 30.2 Å². The number of carbonyl (C=O) groups is 1. The van der Waals surface area contributed by atoms with E-state index in [9.17, 15) is 13.6 Å². The lowest BCUT2D eigenvalue weighted by Crippen LogP contribution is -2.39. The molecule has 2 aromatic carbocycles. The molecule has 3 rings (SSSR count). The van der Waals surface area contributed by atoms with Crippen molar-refractivity contribution in [2.24, 2.45) is 0 Å². The summed E-state index contributed by atoms with van der Waals surface area (Å²) in [5.41, 5.74) is 0.495. The second-order valence-electron chi connectivity index (χ2n) is 5.75. The summed E-state index contributed by atoms with van der Waals surface area (Å²) in [5.74, 6) is -2.07. The molecule has 7 heteroatoms. The van der Waals surface area contributed by atoms with Crippen molar-refractivity contribution in [3.63, 3.8) is 0 Å². The zero-order chi connectivity index (χ0) is 18.0. The molecule has 0 aliphatic rings. The van der Waals surface area contributed by atoms with Gasteiger partial charge in [0.1, 0.15) is 22.3 Å². The predicted octanol–water partition coefficient (Wildman–Crippen LogP) is 4.03. The smallest absolute Gasteiger partial charge is 0.241 e. The molecule has 25 heavy (non-hydrogen) atoms. The van der Waals surface area contributed by atoms with Crippen LogP contribution in [-0.4, -0.2) is 28.9 Å². The number of hydrogen-bond acceptors (Lipinski definition) is 4. The van der Waals surface area contributed by atoms with Crippen molar-refractivity contribution in [2.45, 2.75) is 19.5 Å². The molecule has 1 N–H and O–H groups in total. The first-order chi connectivity index (χ1) is 12.0. The molecule has 0 aliphatic carbocycles. The maximum absolute atomic E-state index is 13.7. The summed E-state index contributed by atoms with van der Waals surface area (Å²) < 4.78 is 28.4. The summed E-state index contributed by atoms with van der Waals surface area (Å²) in [5, 5.41) is 3.20. The molecule has 1 heterocycles. The number of halogens is 2. The fraction of sp³-hybridized carbons (Fsp3) is 0.222. The van der Waals surface area contributed by atoms with E-state index in [1.807, 2.05) is 24.3 Å². The zero-order valence-corrected chi connectivity index (χ0v) is 14.6. The van der Waals surface area contributed by atoms with Gasteiger partial charge in [0.2, 0.25) is 5.91 Å². The van der Waals surface area contributed by atoms with Crippen molar-refractivity contribution >= 4 is 33.1 Å². The number of likely N-dealkylation sites (N-methyl/N-ethyl adjacent to an activating group) is 1. The van der Waals surface area contributed by atoms with E-state index in [0.717, 1.165) is 27.4 Å². The topological polar surface area (TPSA) is 45.2 Å². The first kappa shape index (κ1) is 17.4. The Bertz CT molecular complexity index is 859. The zero-order valence-electron chi connectivity index (χ0n) is 13.8. The lowest BCUT2D eigenvalue weighted by atomic mass is 10.2. The maximum Gasteiger partial charge on any atom is 0.241 e. The van der Waals surface area contributed by atoms with Gasteiger partial charge in [-0.2, -0.15) is 0 Å². The number of nitrogens with zero attached hydrogens (tertiary/aromatic N) is 2. The molecular weight excluding hydrogens is 344 g/mol. The summed E-state index contributed by atoms with van der Waals surface area (Å²) in [4.78, 5) is 18.6. The van der Waals surface area contributed by atoms with Crippen LogP contribution < -0.4 is 5.32 Å². The third kappa shape index (κ3) is 3.83. The highest BCUT2D eigenvalue weighted by Crippen LogP contribution is 2.23. The maximum atomic E-state index is 13.7. The van der Waals surface area contributed by atoms with E-state index in [0.29, 0.717) is 6.54 Å². The lowest BCUT2D eigenvalue weighted by Gasteiger charge is -2.23. The fourth-order valence-electron chi connectivity index (χ4n) is 2.38. The highest BCUT2D eigenvalue weighted by atomic mass is 32.1. The number of rotatable bonds is 5. The van der Waals surface area contributed by atoms with E-state index in [1.165, 1.54) is 6.07 Å². The number of thiazole rings is 1. The molecule has 1 atom stereocenters. The van der Waals surface area contributed by atoms with Crippen LogP contribution in [0.4, 0.5) is 14.5 Å². The third-order valence-electron chi connectivity index (χ3n) is 3.97. The van der Waals surface area contributed by atoms with Gasteiger partial charge in [0.15, 0.2) is 0 Å². The van der Waals surface area contributed by atoms with Gasteiger partial charge in [-0.25, -0.2) is 13.8 Å². The quantitative estimate of drug-likeness (QED) is 0.746. The van der Waals surface area contributed by atoms with Crippen molar-refractivity contribution < 1.29 is 13.6 Å². The monoisotopic (exact) mass is 361 g/mol. The highest BCUT2D eigenvalue weighted by Gasteiger charge is 2.21. The Morgan fingerprint density at radius 3 is 2.56 bits per heavy atom. The number of nitrogens with one attached hydrogen (secondary N) is 1. The molecule has 4 nitrogen and oxygen atoms in total. The van der Waals surface area contributed by atoms with E-state index in [4.69, 9.17) is 0 Å². The Kier molecular flexibility index (Phi) is 5.06. The van der Waals surface area contributed by atoms with E-state index >= 15 is 0 Å². The molecule has 130 valence electrons. The summed E-state index contributed by atoms with van der Waals surface area (Å²) in [6.45, 7) is 2.15. The standard InChI is InChI=1S/C18H17F2N3OS/c1-11(18(24)22-17-12(19)6-5-7-13(17)20)23(2)10-16-21-14-8-3-4-9-15(14)25-16/h3-9,11H,10H2,1-2H3,(H,22,24). The van der Waals surface area contributed by atoms with Crippen molar-refractivity contribution in [1.29, 1.82) is 0 Å². The summed E-state index contributed by atoms with van der Waals surface area (Å²) in [7, 11) is 1.77. The van der Waals surface area contributed by atoms with Crippen LogP contribution in [0, 0.1) is 11.6 Å². The Hall–Kier alpha value is -2.38. The minimum Gasteiger partial charge on any atom is -0.320 e. The molecule has 0 saturated carbocycles. The van der Waals surface area contributed by atoms with Crippen molar-refractivity contribution in [3.8, 4) is 0 Å². The normalized spacial score (nSPS) is 12.5. The first-order valence-corrected chi connectivity index (χ1v) is 8.57. The van der Waals surface area contributed by atoms with Crippen LogP contribution in [0.15, 0.2) is 42.5 Å². The average molecular weight is 361 g/mol. The van der Waals surface area contributed by atoms with E-state index in [2.05, 4.69) is 10.3 Å². The number of fused-ring (bicyclic) bond motifs is 1. The molecule has 1 aromatic heterocycles. The third-order valence-corrected chi connectivity index (χ3v) is 5.00.